The van der Waals surface area contributed by atoms with E-state index in [0.29, 0.717) is 13.0 Å². The molecule has 0 aliphatic rings. The first-order valence-electron chi connectivity index (χ1n) is 7.92. The Morgan fingerprint density at radius 1 is 1.04 bits per heavy atom. The third kappa shape index (κ3) is 5.50. The average molecular weight is 419 g/mol. The largest absolute Gasteiger partial charge is 0.307 e. The summed E-state index contributed by atoms with van der Waals surface area (Å²) in [7, 11) is 0. The van der Waals surface area contributed by atoms with Crippen LogP contribution in [-0.2, 0) is 11.3 Å². The lowest BCUT2D eigenvalue weighted by molar-refractivity contribution is -0.118. The molecule has 0 saturated carbocycles. The Balaban J connectivity index is 2.16. The van der Waals surface area contributed by atoms with Crippen molar-refractivity contribution in [2.45, 2.75) is 32.2 Å². The van der Waals surface area contributed by atoms with Crippen molar-refractivity contribution in [3.63, 3.8) is 0 Å². The van der Waals surface area contributed by atoms with Gasteiger partial charge in [0, 0.05) is 9.99 Å². The van der Waals surface area contributed by atoms with E-state index in [4.69, 9.17) is 0 Å². The molecular formula is C20H22INO. The first kappa shape index (κ1) is 17.7. The van der Waals surface area contributed by atoms with Gasteiger partial charge in [0.15, 0.2) is 0 Å². The topological polar surface area (TPSA) is 20.3 Å². The molecule has 2 aromatic carbocycles. The Morgan fingerprint density at radius 2 is 1.74 bits per heavy atom. The highest BCUT2D eigenvalue weighted by molar-refractivity contribution is 14.1. The highest BCUT2D eigenvalue weighted by atomic mass is 127. The number of anilines is 1. The van der Waals surface area contributed by atoms with Gasteiger partial charge in [0.2, 0.25) is 5.91 Å². The molecule has 0 saturated heterocycles. The number of hydrogen-bond acceptors (Lipinski definition) is 1. The second-order valence-electron chi connectivity index (χ2n) is 5.45. The molecule has 2 rings (SSSR count). The van der Waals surface area contributed by atoms with E-state index in [-0.39, 0.29) is 5.91 Å². The van der Waals surface area contributed by atoms with E-state index in [1.54, 1.807) is 0 Å². The molecule has 120 valence electrons. The Hall–Kier alpha value is -1.62. The Labute approximate surface area is 152 Å². The molecule has 0 aliphatic carbocycles. The summed E-state index contributed by atoms with van der Waals surface area (Å²) in [6, 6.07) is 18.2. The van der Waals surface area contributed by atoms with Crippen LogP contribution in [0.15, 0.2) is 67.3 Å². The molecule has 0 spiro atoms. The average Bonchev–Trinajstić information content (AvgIpc) is 2.58. The van der Waals surface area contributed by atoms with Gasteiger partial charge in [-0.3, -0.25) is 4.79 Å². The monoisotopic (exact) mass is 419 g/mol. The van der Waals surface area contributed by atoms with E-state index in [9.17, 15) is 4.79 Å². The fourth-order valence-electron chi connectivity index (χ4n) is 2.44. The number of carbonyl (C=O) groups excluding carboxylic acids is 1. The number of para-hydroxylation sites is 1. The van der Waals surface area contributed by atoms with Crippen LogP contribution in [0.5, 0.6) is 0 Å². The number of carbonyl (C=O) groups is 1. The lowest BCUT2D eigenvalue weighted by Gasteiger charge is -2.24. The van der Waals surface area contributed by atoms with Gasteiger partial charge >= 0.3 is 0 Å². The van der Waals surface area contributed by atoms with Crippen molar-refractivity contribution in [3.8, 4) is 0 Å². The summed E-state index contributed by atoms with van der Waals surface area (Å²) in [5, 5.41) is 0. The number of unbranched alkanes of at least 4 members (excludes halogenated alkanes) is 2. The fourth-order valence-corrected chi connectivity index (χ4v) is 3.12. The Bertz CT molecular complexity index is 639. The Morgan fingerprint density at radius 3 is 2.43 bits per heavy atom. The van der Waals surface area contributed by atoms with E-state index in [2.05, 4.69) is 41.3 Å². The molecule has 0 aromatic heterocycles. The molecule has 23 heavy (non-hydrogen) atoms. The van der Waals surface area contributed by atoms with Crippen molar-refractivity contribution in [2.75, 3.05) is 4.90 Å². The van der Waals surface area contributed by atoms with Gasteiger partial charge in [0.05, 0.1) is 12.2 Å². The summed E-state index contributed by atoms with van der Waals surface area (Å²) in [5.74, 6) is 0.182. The van der Waals surface area contributed by atoms with Crippen LogP contribution in [0.25, 0.3) is 0 Å². The van der Waals surface area contributed by atoms with Crippen molar-refractivity contribution in [1.29, 1.82) is 0 Å². The minimum absolute atomic E-state index is 0.182. The summed E-state index contributed by atoms with van der Waals surface area (Å²) >= 11 is 2.30. The molecule has 0 aliphatic heterocycles. The number of nitrogens with zero attached hydrogens (tertiary/aromatic N) is 1. The van der Waals surface area contributed by atoms with Crippen LogP contribution < -0.4 is 4.90 Å². The third-order valence-electron chi connectivity index (χ3n) is 3.68. The normalized spacial score (nSPS) is 10.3. The summed E-state index contributed by atoms with van der Waals surface area (Å²) in [6.07, 6.45) is 5.37. The van der Waals surface area contributed by atoms with Gasteiger partial charge < -0.3 is 4.90 Å². The van der Waals surface area contributed by atoms with E-state index in [1.807, 2.05) is 53.4 Å². The molecule has 0 N–H and O–H groups in total. The van der Waals surface area contributed by atoms with Crippen LogP contribution >= 0.6 is 22.6 Å². The lowest BCUT2D eigenvalue weighted by Crippen LogP contribution is -2.30. The molecule has 0 fully saturated rings. The van der Waals surface area contributed by atoms with Crippen LogP contribution in [0, 0.1) is 3.57 Å². The van der Waals surface area contributed by atoms with Gasteiger partial charge in [-0.15, -0.1) is 6.58 Å². The van der Waals surface area contributed by atoms with Crippen molar-refractivity contribution in [2.24, 2.45) is 0 Å². The Kier molecular flexibility index (Phi) is 7.33. The second kappa shape index (κ2) is 9.50. The predicted octanol–water partition coefficient (Wildman–Crippen LogP) is 5.57. The second-order valence-corrected chi connectivity index (χ2v) is 6.61. The predicted molar refractivity (Wildman–Crippen MR) is 105 cm³/mol. The van der Waals surface area contributed by atoms with Gasteiger partial charge in [0.25, 0.3) is 0 Å². The van der Waals surface area contributed by atoms with Gasteiger partial charge in [-0.2, -0.15) is 0 Å². The van der Waals surface area contributed by atoms with Crippen LogP contribution in [0.4, 0.5) is 5.69 Å². The smallest absolute Gasteiger partial charge is 0.227 e. The first-order valence-corrected chi connectivity index (χ1v) is 9.00. The number of hydrogen-bond donors (Lipinski definition) is 0. The molecular weight excluding hydrogens is 397 g/mol. The lowest BCUT2D eigenvalue weighted by atomic mass is 10.1. The molecule has 0 radical (unpaired) electrons. The van der Waals surface area contributed by atoms with Crippen LogP contribution in [-0.4, -0.2) is 5.91 Å². The molecule has 1 amide bonds. The summed E-state index contributed by atoms with van der Waals surface area (Å²) in [6.45, 7) is 4.34. The van der Waals surface area contributed by atoms with Gasteiger partial charge in [-0.05, 0) is 59.5 Å². The molecule has 2 nitrogen and oxygen atoms in total. The zero-order valence-corrected chi connectivity index (χ0v) is 15.4. The van der Waals surface area contributed by atoms with Crippen molar-refractivity contribution >= 4 is 34.2 Å². The number of halogens is 1. The molecule has 0 heterocycles. The molecule has 2 aromatic rings. The quantitative estimate of drug-likeness (QED) is 0.311. The zero-order valence-electron chi connectivity index (χ0n) is 13.2. The van der Waals surface area contributed by atoms with E-state index in [1.165, 1.54) is 0 Å². The van der Waals surface area contributed by atoms with E-state index in [0.717, 1.165) is 34.1 Å². The van der Waals surface area contributed by atoms with Gasteiger partial charge in [-0.25, -0.2) is 0 Å². The number of rotatable bonds is 8. The SMILES string of the molecule is C=CCCCCC(=O)N(Cc1ccccc1)c1ccccc1I. The van der Waals surface area contributed by atoms with Crippen molar-refractivity contribution in [1.82, 2.24) is 0 Å². The first-order chi connectivity index (χ1) is 11.2. The zero-order chi connectivity index (χ0) is 16.5. The molecule has 0 atom stereocenters. The maximum absolute atomic E-state index is 12.8. The summed E-state index contributed by atoms with van der Waals surface area (Å²) in [5.41, 5.74) is 2.14. The van der Waals surface area contributed by atoms with Crippen LogP contribution in [0.2, 0.25) is 0 Å². The number of amides is 1. The number of benzene rings is 2. The van der Waals surface area contributed by atoms with Gasteiger partial charge in [0.1, 0.15) is 0 Å². The maximum Gasteiger partial charge on any atom is 0.227 e. The van der Waals surface area contributed by atoms with E-state index < -0.39 is 0 Å². The maximum atomic E-state index is 12.8. The van der Waals surface area contributed by atoms with Crippen LogP contribution in [0.1, 0.15) is 31.2 Å². The highest BCUT2D eigenvalue weighted by Gasteiger charge is 2.17. The minimum atomic E-state index is 0.182. The molecule has 0 unspecified atom stereocenters. The highest BCUT2D eigenvalue weighted by Crippen LogP contribution is 2.25. The van der Waals surface area contributed by atoms with Crippen molar-refractivity contribution < 1.29 is 4.79 Å². The molecule has 3 heteroatoms. The minimum Gasteiger partial charge on any atom is -0.307 e. The van der Waals surface area contributed by atoms with Crippen LogP contribution in [0.3, 0.4) is 0 Å². The fraction of sp³-hybridized carbons (Fsp3) is 0.250. The molecule has 0 bridgehead atoms. The standard InChI is InChI=1S/C20H22INO/c1-2-3-4-8-15-20(23)22(16-17-11-6-5-7-12-17)19-14-10-9-13-18(19)21/h2,5-7,9-14H,1,3-4,8,15-16H2. The number of allylic oxidation sites excluding steroid dienone is 1. The van der Waals surface area contributed by atoms with Gasteiger partial charge in [-0.1, -0.05) is 48.5 Å². The summed E-state index contributed by atoms with van der Waals surface area (Å²) in [4.78, 5) is 14.7. The third-order valence-corrected chi connectivity index (χ3v) is 4.59. The van der Waals surface area contributed by atoms with E-state index >= 15 is 0 Å². The summed E-state index contributed by atoms with van der Waals surface area (Å²) < 4.78 is 1.10. The van der Waals surface area contributed by atoms with Crippen molar-refractivity contribution in [3.05, 3.63) is 76.4 Å².